The van der Waals surface area contributed by atoms with E-state index in [-0.39, 0.29) is 13.0 Å². The minimum atomic E-state index is -1.09. The number of carbonyl (C=O) groups excluding carboxylic acids is 1. The number of pyridine rings is 1. The molecule has 0 bridgehead atoms. The third-order valence-electron chi connectivity index (χ3n) is 4.44. The van der Waals surface area contributed by atoms with Gasteiger partial charge < -0.3 is 14.6 Å². The summed E-state index contributed by atoms with van der Waals surface area (Å²) in [6.07, 6.45) is 2.37. The van der Waals surface area contributed by atoms with E-state index in [9.17, 15) is 14.7 Å². The Balaban J connectivity index is 1.83. The summed E-state index contributed by atoms with van der Waals surface area (Å²) in [5.74, 6) is -0.682. The molecule has 1 aliphatic rings. The standard InChI is InChI=1S/C21H24N2O5/c1-5-13-6-7-14-8-9-22-18(16(14)10-13)27-15-11-17(19(24)25)23(12-15)20(26)28-21(2,3)4/h5-10,15,17H,1,11-12H2,2-4H3,(H,24,25)/t15?,17-/m0/s1. The third-order valence-corrected chi connectivity index (χ3v) is 4.44. The Morgan fingerprint density at radius 1 is 1.32 bits per heavy atom. The van der Waals surface area contributed by atoms with Crippen LogP contribution in [-0.2, 0) is 9.53 Å². The molecule has 1 N–H and O–H groups in total. The van der Waals surface area contributed by atoms with Crippen LogP contribution in [0.15, 0.2) is 37.0 Å². The molecule has 1 saturated heterocycles. The number of amides is 1. The fraction of sp³-hybridized carbons (Fsp3) is 0.381. The molecule has 1 aliphatic heterocycles. The number of nitrogens with zero attached hydrogens (tertiary/aromatic N) is 2. The van der Waals surface area contributed by atoms with Crippen LogP contribution in [0.3, 0.4) is 0 Å². The summed E-state index contributed by atoms with van der Waals surface area (Å²) in [6, 6.07) is 6.68. The summed E-state index contributed by atoms with van der Waals surface area (Å²) in [6.45, 7) is 9.10. The summed E-state index contributed by atoms with van der Waals surface area (Å²) in [5.41, 5.74) is 0.215. The highest BCUT2D eigenvalue weighted by Gasteiger charge is 2.42. The van der Waals surface area contributed by atoms with Crippen molar-refractivity contribution in [3.63, 3.8) is 0 Å². The molecule has 2 heterocycles. The molecule has 28 heavy (non-hydrogen) atoms. The second kappa shape index (κ2) is 7.50. The molecule has 148 valence electrons. The zero-order valence-corrected chi connectivity index (χ0v) is 16.2. The average molecular weight is 384 g/mol. The van der Waals surface area contributed by atoms with Crippen molar-refractivity contribution in [2.75, 3.05) is 6.54 Å². The predicted octanol–water partition coefficient (Wildman–Crippen LogP) is 3.72. The van der Waals surface area contributed by atoms with Gasteiger partial charge in [-0.1, -0.05) is 24.8 Å². The number of benzene rings is 1. The molecule has 0 spiro atoms. The maximum Gasteiger partial charge on any atom is 0.411 e. The second-order valence-corrected chi connectivity index (χ2v) is 7.76. The topological polar surface area (TPSA) is 89.0 Å². The maximum absolute atomic E-state index is 12.4. The summed E-state index contributed by atoms with van der Waals surface area (Å²) in [4.78, 5) is 29.6. The highest BCUT2D eigenvalue weighted by atomic mass is 16.6. The highest BCUT2D eigenvalue weighted by Crippen LogP contribution is 2.29. The molecule has 0 radical (unpaired) electrons. The molecule has 2 aromatic rings. The normalized spacial score (nSPS) is 19.5. The van der Waals surface area contributed by atoms with Gasteiger partial charge in [-0.05, 0) is 43.9 Å². The minimum absolute atomic E-state index is 0.116. The molecule has 3 rings (SSSR count). The quantitative estimate of drug-likeness (QED) is 0.864. The van der Waals surface area contributed by atoms with Gasteiger partial charge >= 0.3 is 12.1 Å². The number of fused-ring (bicyclic) bond motifs is 1. The summed E-state index contributed by atoms with van der Waals surface area (Å²) in [7, 11) is 0. The van der Waals surface area contributed by atoms with Crippen LogP contribution >= 0.6 is 0 Å². The molecule has 2 atom stereocenters. The van der Waals surface area contributed by atoms with Crippen molar-refractivity contribution in [2.24, 2.45) is 0 Å². The summed E-state index contributed by atoms with van der Waals surface area (Å²) < 4.78 is 11.4. The zero-order chi connectivity index (χ0) is 20.5. The second-order valence-electron chi connectivity index (χ2n) is 7.76. The van der Waals surface area contributed by atoms with Gasteiger partial charge in [-0.2, -0.15) is 0 Å². The molecular weight excluding hydrogens is 360 g/mol. The first-order valence-corrected chi connectivity index (χ1v) is 9.08. The third kappa shape index (κ3) is 4.24. The Labute approximate surface area is 163 Å². The summed E-state index contributed by atoms with van der Waals surface area (Å²) in [5, 5.41) is 11.3. The van der Waals surface area contributed by atoms with Crippen molar-refractivity contribution < 1.29 is 24.2 Å². The van der Waals surface area contributed by atoms with Gasteiger partial charge in [0.05, 0.1) is 6.54 Å². The molecule has 7 nitrogen and oxygen atoms in total. The lowest BCUT2D eigenvalue weighted by Gasteiger charge is -2.26. The Hall–Kier alpha value is -3.09. The van der Waals surface area contributed by atoms with Gasteiger partial charge in [-0.25, -0.2) is 14.6 Å². The van der Waals surface area contributed by atoms with E-state index in [1.54, 1.807) is 33.0 Å². The number of aliphatic carboxylic acids is 1. The molecular formula is C21H24N2O5. The number of hydrogen-bond acceptors (Lipinski definition) is 5. The van der Waals surface area contributed by atoms with Crippen LogP contribution in [0.4, 0.5) is 4.79 Å². The largest absolute Gasteiger partial charge is 0.480 e. The van der Waals surface area contributed by atoms with Gasteiger partial charge in [-0.3, -0.25) is 4.90 Å². The fourth-order valence-electron chi connectivity index (χ4n) is 3.18. The number of likely N-dealkylation sites (tertiary alicyclic amines) is 1. The van der Waals surface area contributed by atoms with E-state index in [0.717, 1.165) is 16.3 Å². The van der Waals surface area contributed by atoms with Crippen molar-refractivity contribution in [1.82, 2.24) is 9.88 Å². The fourth-order valence-corrected chi connectivity index (χ4v) is 3.18. The molecule has 1 amide bonds. The van der Waals surface area contributed by atoms with Crippen molar-refractivity contribution in [3.05, 3.63) is 42.6 Å². The Morgan fingerprint density at radius 2 is 2.07 bits per heavy atom. The van der Waals surface area contributed by atoms with Crippen molar-refractivity contribution in [1.29, 1.82) is 0 Å². The van der Waals surface area contributed by atoms with Crippen molar-refractivity contribution in [3.8, 4) is 5.88 Å². The van der Waals surface area contributed by atoms with Crippen LogP contribution in [0.25, 0.3) is 16.8 Å². The minimum Gasteiger partial charge on any atom is -0.480 e. The molecule has 1 unspecified atom stereocenters. The van der Waals surface area contributed by atoms with E-state index < -0.39 is 29.8 Å². The van der Waals surface area contributed by atoms with E-state index in [1.165, 1.54) is 4.90 Å². The number of aromatic nitrogens is 1. The average Bonchev–Trinajstić information content (AvgIpc) is 3.05. The molecule has 1 fully saturated rings. The SMILES string of the molecule is C=Cc1ccc2ccnc(OC3C[C@@H](C(=O)O)N(C(=O)OC(C)(C)C)C3)c2c1. The van der Waals surface area contributed by atoms with Crippen LogP contribution in [0.5, 0.6) is 5.88 Å². The number of hydrogen-bond donors (Lipinski definition) is 1. The lowest BCUT2D eigenvalue weighted by atomic mass is 10.1. The maximum atomic E-state index is 12.4. The van der Waals surface area contributed by atoms with Crippen LogP contribution in [-0.4, -0.2) is 51.3 Å². The van der Waals surface area contributed by atoms with Crippen LogP contribution in [0.1, 0.15) is 32.8 Å². The number of rotatable bonds is 4. The first-order valence-electron chi connectivity index (χ1n) is 9.08. The zero-order valence-electron chi connectivity index (χ0n) is 16.2. The molecule has 0 saturated carbocycles. The Kier molecular flexibility index (Phi) is 5.27. The predicted molar refractivity (Wildman–Crippen MR) is 105 cm³/mol. The number of carboxylic acid groups (broad SMARTS) is 1. The molecule has 1 aromatic carbocycles. The first kappa shape index (κ1) is 19.7. The van der Waals surface area contributed by atoms with Crippen LogP contribution < -0.4 is 4.74 Å². The lowest BCUT2D eigenvalue weighted by Crippen LogP contribution is -2.43. The molecule has 1 aromatic heterocycles. The van der Waals surface area contributed by atoms with Crippen LogP contribution in [0, 0.1) is 0 Å². The number of ether oxygens (including phenoxy) is 2. The van der Waals surface area contributed by atoms with Gasteiger partial charge in [0, 0.05) is 18.0 Å². The Morgan fingerprint density at radius 3 is 2.71 bits per heavy atom. The van der Waals surface area contributed by atoms with E-state index in [2.05, 4.69) is 11.6 Å². The van der Waals surface area contributed by atoms with Gasteiger partial charge in [0.2, 0.25) is 5.88 Å². The van der Waals surface area contributed by atoms with Gasteiger partial charge in [0.15, 0.2) is 0 Å². The first-order chi connectivity index (χ1) is 13.2. The number of carbonyl (C=O) groups is 2. The lowest BCUT2D eigenvalue weighted by molar-refractivity contribution is -0.142. The molecule has 0 aliphatic carbocycles. The van der Waals surface area contributed by atoms with Crippen molar-refractivity contribution in [2.45, 2.75) is 44.9 Å². The van der Waals surface area contributed by atoms with Crippen LogP contribution in [0.2, 0.25) is 0 Å². The highest BCUT2D eigenvalue weighted by molar-refractivity contribution is 5.88. The van der Waals surface area contributed by atoms with E-state index in [4.69, 9.17) is 9.47 Å². The van der Waals surface area contributed by atoms with Gasteiger partial charge in [-0.15, -0.1) is 0 Å². The Bertz CT molecular complexity index is 919. The van der Waals surface area contributed by atoms with Crippen molar-refractivity contribution >= 4 is 28.9 Å². The van der Waals surface area contributed by atoms with E-state index >= 15 is 0 Å². The molecule has 7 heteroatoms. The van der Waals surface area contributed by atoms with Gasteiger partial charge in [0.1, 0.15) is 17.7 Å². The number of carboxylic acids is 1. The smallest absolute Gasteiger partial charge is 0.411 e. The van der Waals surface area contributed by atoms with E-state index in [0.29, 0.717) is 5.88 Å². The monoisotopic (exact) mass is 384 g/mol. The summed E-state index contributed by atoms with van der Waals surface area (Å²) >= 11 is 0. The van der Waals surface area contributed by atoms with E-state index in [1.807, 2.05) is 24.3 Å². The van der Waals surface area contributed by atoms with Gasteiger partial charge in [0.25, 0.3) is 0 Å².